The largest absolute Gasteiger partial charge is 0.497 e. The van der Waals surface area contributed by atoms with Gasteiger partial charge < -0.3 is 19.5 Å². The van der Waals surface area contributed by atoms with Crippen LogP contribution in [0, 0.1) is 6.92 Å². The zero-order valence-electron chi connectivity index (χ0n) is 18.9. The van der Waals surface area contributed by atoms with Gasteiger partial charge in [-0.1, -0.05) is 45.8 Å². The number of nitrogens with one attached hydrogen (secondary N) is 1. The first-order valence-corrected chi connectivity index (χ1v) is 12.1. The molecule has 174 valence electrons. The van der Waals surface area contributed by atoms with Gasteiger partial charge in [0, 0.05) is 4.47 Å². The fraction of sp³-hybridized carbons (Fsp3) is 0.154. The molecule has 1 aliphatic rings. The summed E-state index contributed by atoms with van der Waals surface area (Å²) in [6.07, 6.45) is 1.80. The maximum absolute atomic E-state index is 12.5. The number of nitrogens with zero attached hydrogens (tertiary/aromatic N) is 1. The zero-order chi connectivity index (χ0) is 24.1. The molecule has 1 N–H and O–H groups in total. The minimum atomic E-state index is -0.206. The van der Waals surface area contributed by atoms with Crippen molar-refractivity contribution in [3.8, 4) is 17.2 Å². The second-order valence-electron chi connectivity index (χ2n) is 7.48. The van der Waals surface area contributed by atoms with Crippen LogP contribution >= 0.6 is 27.7 Å². The Morgan fingerprint density at radius 3 is 2.53 bits per heavy atom. The molecule has 0 spiro atoms. The number of amides is 1. The Morgan fingerprint density at radius 2 is 1.82 bits per heavy atom. The van der Waals surface area contributed by atoms with Gasteiger partial charge in [-0.05, 0) is 72.3 Å². The molecule has 1 amide bonds. The molecule has 34 heavy (non-hydrogen) atoms. The van der Waals surface area contributed by atoms with E-state index in [2.05, 4.69) is 32.3 Å². The van der Waals surface area contributed by atoms with Crippen molar-refractivity contribution in [1.29, 1.82) is 0 Å². The SMILES string of the molecule is COc1ccc(N=C2NC(=O)/C(=C\c3cc(OC)c(OCc4cccc(C)c4)cc3Br)S2)cc1. The van der Waals surface area contributed by atoms with Crippen LogP contribution in [0.4, 0.5) is 5.69 Å². The van der Waals surface area contributed by atoms with Gasteiger partial charge in [0.25, 0.3) is 5.91 Å². The van der Waals surface area contributed by atoms with Gasteiger partial charge in [0.1, 0.15) is 12.4 Å². The van der Waals surface area contributed by atoms with E-state index < -0.39 is 0 Å². The third-order valence-corrected chi connectivity index (χ3v) is 6.60. The Hall–Kier alpha value is -3.23. The van der Waals surface area contributed by atoms with Crippen molar-refractivity contribution in [2.24, 2.45) is 4.99 Å². The van der Waals surface area contributed by atoms with E-state index in [1.54, 1.807) is 20.3 Å². The molecule has 8 heteroatoms. The number of carbonyl (C=O) groups is 1. The van der Waals surface area contributed by atoms with Crippen LogP contribution in [0.15, 0.2) is 75.0 Å². The zero-order valence-corrected chi connectivity index (χ0v) is 21.3. The number of amidine groups is 1. The predicted octanol–water partition coefficient (Wildman–Crippen LogP) is 6.25. The van der Waals surface area contributed by atoms with Crippen LogP contribution in [-0.2, 0) is 11.4 Å². The van der Waals surface area contributed by atoms with Gasteiger partial charge in [0.2, 0.25) is 0 Å². The number of aliphatic imine (C=N–C) groups is 1. The van der Waals surface area contributed by atoms with Crippen molar-refractivity contribution < 1.29 is 19.0 Å². The average molecular weight is 539 g/mol. The van der Waals surface area contributed by atoms with Gasteiger partial charge in [0.15, 0.2) is 16.7 Å². The highest BCUT2D eigenvalue weighted by molar-refractivity contribution is 9.10. The fourth-order valence-electron chi connectivity index (χ4n) is 3.29. The number of hydrogen-bond donors (Lipinski definition) is 1. The lowest BCUT2D eigenvalue weighted by atomic mass is 10.1. The minimum absolute atomic E-state index is 0.206. The maximum Gasteiger partial charge on any atom is 0.264 e. The summed E-state index contributed by atoms with van der Waals surface area (Å²) in [5.41, 5.74) is 3.77. The molecule has 3 aromatic rings. The average Bonchev–Trinajstić information content (AvgIpc) is 3.18. The molecule has 0 radical (unpaired) electrons. The summed E-state index contributed by atoms with van der Waals surface area (Å²) in [5.74, 6) is 1.74. The summed E-state index contributed by atoms with van der Waals surface area (Å²) < 4.78 is 17.5. The van der Waals surface area contributed by atoms with Gasteiger partial charge in [-0.15, -0.1) is 0 Å². The number of halogens is 1. The van der Waals surface area contributed by atoms with E-state index in [-0.39, 0.29) is 5.91 Å². The molecule has 0 unspecified atom stereocenters. The first-order chi connectivity index (χ1) is 16.4. The molecule has 1 fully saturated rings. The number of carbonyl (C=O) groups excluding carboxylic acids is 1. The normalized spacial score (nSPS) is 15.5. The summed E-state index contributed by atoms with van der Waals surface area (Å²) in [7, 11) is 3.21. The molecule has 3 aromatic carbocycles. The lowest BCUT2D eigenvalue weighted by molar-refractivity contribution is -0.115. The number of methoxy groups -OCH3 is 2. The highest BCUT2D eigenvalue weighted by Gasteiger charge is 2.24. The third kappa shape index (κ3) is 5.81. The Kier molecular flexibility index (Phi) is 7.59. The van der Waals surface area contributed by atoms with Gasteiger partial charge in [-0.25, -0.2) is 4.99 Å². The lowest BCUT2D eigenvalue weighted by Crippen LogP contribution is -2.19. The maximum atomic E-state index is 12.5. The highest BCUT2D eigenvalue weighted by atomic mass is 79.9. The van der Waals surface area contributed by atoms with Crippen molar-refractivity contribution >= 4 is 50.5 Å². The minimum Gasteiger partial charge on any atom is -0.497 e. The molecule has 4 rings (SSSR count). The first kappa shape index (κ1) is 23.9. The van der Waals surface area contributed by atoms with E-state index in [1.165, 1.54) is 17.3 Å². The van der Waals surface area contributed by atoms with E-state index in [1.807, 2.05) is 61.5 Å². The highest BCUT2D eigenvalue weighted by Crippen LogP contribution is 2.37. The van der Waals surface area contributed by atoms with Gasteiger partial charge in [-0.3, -0.25) is 4.79 Å². The Labute approximate surface area is 211 Å². The Bertz CT molecular complexity index is 1270. The molecular formula is C26H23BrN2O4S. The van der Waals surface area contributed by atoms with Gasteiger partial charge in [0.05, 0.1) is 24.8 Å². The number of hydrogen-bond acceptors (Lipinski definition) is 6. The van der Waals surface area contributed by atoms with Crippen molar-refractivity contribution in [2.75, 3.05) is 14.2 Å². The lowest BCUT2D eigenvalue weighted by Gasteiger charge is -2.13. The molecule has 1 heterocycles. The summed E-state index contributed by atoms with van der Waals surface area (Å²) in [6, 6.07) is 19.2. The molecule has 0 bridgehead atoms. The van der Waals surface area contributed by atoms with Crippen molar-refractivity contribution in [3.63, 3.8) is 0 Å². The fourth-order valence-corrected chi connectivity index (χ4v) is 4.56. The van der Waals surface area contributed by atoms with Crippen molar-refractivity contribution in [2.45, 2.75) is 13.5 Å². The second kappa shape index (κ2) is 10.8. The second-order valence-corrected chi connectivity index (χ2v) is 9.37. The van der Waals surface area contributed by atoms with Crippen LogP contribution in [0.3, 0.4) is 0 Å². The molecule has 6 nitrogen and oxygen atoms in total. The molecule has 1 aliphatic heterocycles. The number of rotatable bonds is 7. The van der Waals surface area contributed by atoms with Crippen LogP contribution in [0.5, 0.6) is 17.2 Å². The monoisotopic (exact) mass is 538 g/mol. The summed E-state index contributed by atoms with van der Waals surface area (Å²) in [5, 5.41) is 3.32. The molecular weight excluding hydrogens is 516 g/mol. The number of aryl methyl sites for hydroxylation is 1. The predicted molar refractivity (Wildman–Crippen MR) is 140 cm³/mol. The topological polar surface area (TPSA) is 69.2 Å². The van der Waals surface area contributed by atoms with Crippen LogP contribution in [0.25, 0.3) is 6.08 Å². The molecule has 0 aromatic heterocycles. The van der Waals surface area contributed by atoms with E-state index in [4.69, 9.17) is 14.2 Å². The molecule has 0 aliphatic carbocycles. The standard InChI is InChI=1S/C26H23BrN2O4S/c1-16-5-4-6-17(11-16)15-33-23-14-21(27)18(12-22(23)32-3)13-24-25(30)29-26(34-24)28-19-7-9-20(31-2)10-8-19/h4-14H,15H2,1-3H3,(H,28,29,30)/b24-13+. The summed E-state index contributed by atoms with van der Waals surface area (Å²) in [6.45, 7) is 2.47. The first-order valence-electron chi connectivity index (χ1n) is 10.4. The molecule has 0 saturated carbocycles. The number of benzene rings is 3. The van der Waals surface area contributed by atoms with Crippen LogP contribution in [0.2, 0.25) is 0 Å². The quantitative estimate of drug-likeness (QED) is 0.360. The van der Waals surface area contributed by atoms with E-state index in [9.17, 15) is 4.79 Å². The smallest absolute Gasteiger partial charge is 0.264 e. The Balaban J connectivity index is 1.52. The van der Waals surface area contributed by atoms with Gasteiger partial charge >= 0.3 is 0 Å². The van der Waals surface area contributed by atoms with Crippen molar-refractivity contribution in [3.05, 3.63) is 86.7 Å². The molecule has 0 atom stereocenters. The van der Waals surface area contributed by atoms with Crippen LogP contribution in [0.1, 0.15) is 16.7 Å². The van der Waals surface area contributed by atoms with E-state index >= 15 is 0 Å². The number of ether oxygens (including phenoxy) is 3. The van der Waals surface area contributed by atoms with E-state index in [0.29, 0.717) is 28.2 Å². The third-order valence-electron chi connectivity index (χ3n) is 5.00. The van der Waals surface area contributed by atoms with E-state index in [0.717, 1.165) is 27.0 Å². The Morgan fingerprint density at radius 1 is 1.03 bits per heavy atom. The van der Waals surface area contributed by atoms with Gasteiger partial charge in [-0.2, -0.15) is 0 Å². The van der Waals surface area contributed by atoms with Crippen molar-refractivity contribution in [1.82, 2.24) is 5.32 Å². The molecule has 1 saturated heterocycles. The number of thioether (sulfide) groups is 1. The van der Waals surface area contributed by atoms with Crippen LogP contribution < -0.4 is 19.5 Å². The van der Waals surface area contributed by atoms with Crippen LogP contribution in [-0.4, -0.2) is 25.3 Å². The summed E-state index contributed by atoms with van der Waals surface area (Å²) >= 11 is 4.87. The summed E-state index contributed by atoms with van der Waals surface area (Å²) in [4.78, 5) is 17.6.